The molecule has 0 aromatic rings. The van der Waals surface area contributed by atoms with Gasteiger partial charge < -0.3 is 165 Å². The second-order valence-electron chi connectivity index (χ2n) is 35.1. The molecule has 16 amide bonds. The molecule has 4 aliphatic heterocycles. The summed E-state index contributed by atoms with van der Waals surface area (Å²) in [6.45, 7) is -11.4. The molecule has 135 heavy (non-hydrogen) atoms. The Morgan fingerprint density at radius 2 is 0.422 bits per heavy atom. The second kappa shape index (κ2) is 53.3. The van der Waals surface area contributed by atoms with Gasteiger partial charge in [0.25, 0.3) is 47.3 Å². The molecule has 0 bridgehead atoms. The summed E-state index contributed by atoms with van der Waals surface area (Å²) in [7, 11) is 0. The van der Waals surface area contributed by atoms with Crippen LogP contribution in [0, 0.1) is 21.7 Å². The minimum atomic E-state index is -1.99. The SMILES string of the molecule is CC(CCCN1C(=O)C2=C(CCCC2)C1=O)(C(=O)NC(CO)(CO)CO)C(=O)NC(CO)(CO)CO.CC(CCCN1C(=O)C=CC1=O)(C(=O)NC(CO)(CO)CO)C(=O)NC(CO)(CO)CO.CC1=C(C)C(=O)N(CCCC(C)(C(=O)NC(CO)(CO)CO)C(=O)NC(CO)(CO)CO)C1=O.CC1=CC(=O)N(CCCC(C)(C(=O)NC(CO)(CO)CO)C(=O)NC(CO)(CO)CO)C1=O. The normalized spacial score (nSPS) is 15.5. The number of imide groups is 4. The summed E-state index contributed by atoms with van der Waals surface area (Å²) in [4.78, 5) is 206. The van der Waals surface area contributed by atoms with Crippen molar-refractivity contribution < 1.29 is 199 Å². The highest BCUT2D eigenvalue weighted by molar-refractivity contribution is 6.20. The van der Waals surface area contributed by atoms with E-state index < -0.39 is 307 Å². The van der Waals surface area contributed by atoms with Crippen LogP contribution in [0.25, 0.3) is 0 Å². The molecule has 4 heterocycles. The van der Waals surface area contributed by atoms with Gasteiger partial charge in [-0.2, -0.15) is 0 Å². The minimum absolute atomic E-state index is 0.00868. The van der Waals surface area contributed by atoms with Gasteiger partial charge in [0, 0.05) is 72.3 Å². The fourth-order valence-corrected chi connectivity index (χ4v) is 13.4. The van der Waals surface area contributed by atoms with Crippen LogP contribution in [0.1, 0.15) is 126 Å². The Labute approximate surface area is 775 Å². The highest BCUT2D eigenvalue weighted by Gasteiger charge is 2.53. The average Bonchev–Trinajstić information content (AvgIpc) is 1.37. The van der Waals surface area contributed by atoms with Gasteiger partial charge in [0.15, 0.2) is 0 Å². The molecule has 1 aliphatic carbocycles. The van der Waals surface area contributed by atoms with Crippen molar-refractivity contribution in [2.45, 2.75) is 170 Å². The van der Waals surface area contributed by atoms with E-state index in [1.807, 2.05) is 0 Å². The molecule has 0 atom stereocenters. The van der Waals surface area contributed by atoms with Crippen molar-refractivity contribution in [3.8, 4) is 0 Å². The first kappa shape index (κ1) is 121. The van der Waals surface area contributed by atoms with Gasteiger partial charge in [0.1, 0.15) is 66.0 Å². The summed E-state index contributed by atoms with van der Waals surface area (Å²) < 4.78 is 0. The number of hydrogen-bond donors (Lipinski definition) is 32. The van der Waals surface area contributed by atoms with Gasteiger partial charge in [-0.3, -0.25) is 96.3 Å². The lowest BCUT2D eigenvalue weighted by Gasteiger charge is -2.37. The molecule has 0 aromatic carbocycles. The smallest absolute Gasteiger partial charge is 0.257 e. The lowest BCUT2D eigenvalue weighted by Crippen LogP contribution is -2.65. The second-order valence-corrected chi connectivity index (χ2v) is 35.1. The monoisotopic (exact) mass is 1940 g/mol. The first-order valence-electron chi connectivity index (χ1n) is 42.8. The van der Waals surface area contributed by atoms with Crippen LogP contribution >= 0.6 is 0 Å². The van der Waals surface area contributed by atoms with Gasteiger partial charge in [-0.1, -0.05) is 0 Å². The Morgan fingerprint density at radius 1 is 0.252 bits per heavy atom. The van der Waals surface area contributed by atoms with Crippen LogP contribution in [0.15, 0.2) is 46.1 Å². The summed E-state index contributed by atoms with van der Waals surface area (Å²) in [6.07, 6.45) is 5.00. The van der Waals surface area contributed by atoms with Crippen molar-refractivity contribution in [2.24, 2.45) is 21.7 Å². The van der Waals surface area contributed by atoms with E-state index >= 15 is 0 Å². The van der Waals surface area contributed by atoms with E-state index in [2.05, 4.69) is 42.5 Å². The maximum atomic E-state index is 13.3. The van der Waals surface area contributed by atoms with Gasteiger partial charge in [-0.05, 0) is 126 Å². The average molecular weight is 1940 g/mol. The van der Waals surface area contributed by atoms with Crippen molar-refractivity contribution in [1.29, 1.82) is 0 Å². The van der Waals surface area contributed by atoms with Crippen LogP contribution in [-0.4, -0.2) is 466 Å². The molecule has 52 nitrogen and oxygen atoms in total. The third kappa shape index (κ3) is 28.8. The topological polar surface area (TPSA) is 868 Å². The molecule has 32 N–H and O–H groups in total. The van der Waals surface area contributed by atoms with Crippen molar-refractivity contribution in [3.05, 3.63) is 46.1 Å². The fraction of sp³-hybridized carbons (Fsp3) is 0.711. The van der Waals surface area contributed by atoms with E-state index in [1.54, 1.807) is 0 Å². The number of nitrogens with one attached hydrogen (secondary N) is 8. The van der Waals surface area contributed by atoms with E-state index in [9.17, 15) is 199 Å². The van der Waals surface area contributed by atoms with Crippen molar-refractivity contribution in [3.63, 3.8) is 0 Å². The van der Waals surface area contributed by atoms with Gasteiger partial charge in [0.05, 0.1) is 159 Å². The molecule has 768 valence electrons. The number of carbonyl (C=O) groups is 16. The lowest BCUT2D eigenvalue weighted by molar-refractivity contribution is -0.149. The predicted octanol–water partition coefficient (Wildman–Crippen LogP) is -16.1. The van der Waals surface area contributed by atoms with Crippen LogP contribution in [0.2, 0.25) is 0 Å². The standard InChI is InChI=1S/C23H37N3O10.C21H35N3O10.C20H33N3O10.C19H31N3O10/c1-21(19(35)24-22(9-27,10-28)11-29,20(36)25-23(12-30,13-31)14-32)7-4-8-26-17(33)15-5-2-3-6-16(15)18(26)34;1-13-14(2)16(32)24(15(13)31)6-4-5-19(3,17(33)22-20(7-25,8-26)9-27)18(34)23-21(10-28,11-29)12-30;1-13-6-14(30)23(15(13)31)5-3-4-18(2,16(32)21-19(7-24,8-25)9-26)17(33)22-20(10-27,11-28)12-29;1-17(15(31)20-18(7-23,8-24)9-25,16(32)21-19(10-26,11-27)12-28)5-2-6-22-13(29)3-4-14(22)30/h27-32H,2-14H2,1H3,(H,24,35)(H,25,36);25-30H,4-12H2,1-3H3,(H,22,33)(H,23,34);6,24-29H,3-5,7-12H2,1-2H3,(H,21,32)(H,22,33);3-4,23-28H,2,5-12H2,1H3,(H,20,31)(H,21,32). The van der Waals surface area contributed by atoms with Gasteiger partial charge in [-0.25, -0.2) is 0 Å². The molecule has 0 aromatic heterocycles. The molecule has 0 saturated heterocycles. The van der Waals surface area contributed by atoms with Crippen LogP contribution in [0.4, 0.5) is 0 Å². The minimum Gasteiger partial charge on any atom is -0.394 e. The predicted molar refractivity (Wildman–Crippen MR) is 460 cm³/mol. The van der Waals surface area contributed by atoms with Crippen LogP contribution in [0.5, 0.6) is 0 Å². The van der Waals surface area contributed by atoms with Gasteiger partial charge in [-0.15, -0.1) is 0 Å². The number of hydrogen-bond acceptors (Lipinski definition) is 40. The summed E-state index contributed by atoms with van der Waals surface area (Å²) in [6, 6.07) is 0. The number of amides is 16. The maximum Gasteiger partial charge on any atom is 0.257 e. The summed E-state index contributed by atoms with van der Waals surface area (Å²) >= 11 is 0. The molecule has 0 unspecified atom stereocenters. The van der Waals surface area contributed by atoms with Gasteiger partial charge in [0.2, 0.25) is 47.3 Å². The largest absolute Gasteiger partial charge is 0.394 e. The number of carbonyl (C=O) groups excluding carboxylic acids is 16. The summed E-state index contributed by atoms with van der Waals surface area (Å²) in [5.74, 6) is -12.0. The molecule has 0 spiro atoms. The van der Waals surface area contributed by atoms with Crippen LogP contribution in [0.3, 0.4) is 0 Å². The van der Waals surface area contributed by atoms with Gasteiger partial charge >= 0.3 is 0 Å². The summed E-state index contributed by atoms with van der Waals surface area (Å²) in [5.41, 5.74) is -20.8. The molecule has 5 aliphatic rings. The quantitative estimate of drug-likeness (QED) is 0.0199. The van der Waals surface area contributed by atoms with Crippen molar-refractivity contribution in [1.82, 2.24) is 62.1 Å². The lowest BCUT2D eigenvalue weighted by atomic mass is 9.81. The van der Waals surface area contributed by atoms with E-state index in [0.717, 1.165) is 50.7 Å². The first-order valence-corrected chi connectivity index (χ1v) is 42.8. The molecule has 0 radical (unpaired) electrons. The Morgan fingerprint density at radius 3 is 0.593 bits per heavy atom. The Bertz CT molecular complexity index is 3980. The Kier molecular flexibility index (Phi) is 47.9. The van der Waals surface area contributed by atoms with E-state index in [1.165, 1.54) is 48.5 Å². The molecular formula is C83H136N12O40. The zero-order valence-electron chi connectivity index (χ0n) is 76.6. The molecule has 0 saturated carbocycles. The maximum absolute atomic E-state index is 13.3. The Balaban J connectivity index is 0.000000610. The third-order valence-corrected chi connectivity index (χ3v) is 24.8. The number of aliphatic hydroxyl groups excluding tert-OH is 24. The van der Waals surface area contributed by atoms with Crippen molar-refractivity contribution in [2.75, 3.05) is 185 Å². The zero-order chi connectivity index (χ0) is 103. The van der Waals surface area contributed by atoms with E-state index in [0.29, 0.717) is 35.1 Å². The van der Waals surface area contributed by atoms with Crippen LogP contribution in [-0.2, 0) is 76.7 Å². The summed E-state index contributed by atoms with van der Waals surface area (Å²) in [5, 5.41) is 247. The highest BCUT2D eigenvalue weighted by atomic mass is 16.3. The highest BCUT2D eigenvalue weighted by Crippen LogP contribution is 2.37. The van der Waals surface area contributed by atoms with Crippen molar-refractivity contribution >= 4 is 94.5 Å². The molecular weight excluding hydrogens is 1800 g/mol. The van der Waals surface area contributed by atoms with Crippen LogP contribution < -0.4 is 42.5 Å². The first-order chi connectivity index (χ1) is 63.3. The number of nitrogens with zero attached hydrogens (tertiary/aromatic N) is 4. The molecule has 0 fully saturated rings. The molecule has 52 heteroatoms. The zero-order valence-corrected chi connectivity index (χ0v) is 76.6. The molecule has 5 rings (SSSR count). The Hall–Kier alpha value is -9.68. The van der Waals surface area contributed by atoms with E-state index in [4.69, 9.17) is 0 Å². The third-order valence-electron chi connectivity index (χ3n) is 24.8. The van der Waals surface area contributed by atoms with E-state index in [-0.39, 0.29) is 94.9 Å². The number of aliphatic hydroxyl groups is 24. The fourth-order valence-electron chi connectivity index (χ4n) is 13.4. The number of rotatable bonds is 56.